The maximum absolute atomic E-state index is 5.71. The average Bonchev–Trinajstić information content (AvgIpc) is 3.24. The normalized spacial score (nSPS) is 19.8. The van der Waals surface area contributed by atoms with E-state index in [0.29, 0.717) is 19.8 Å². The fourth-order valence-electron chi connectivity index (χ4n) is 3.77. The van der Waals surface area contributed by atoms with Crippen molar-refractivity contribution in [2.75, 3.05) is 46.3 Å². The van der Waals surface area contributed by atoms with Gasteiger partial charge in [0.25, 0.3) is 0 Å². The predicted octanol–water partition coefficient (Wildman–Crippen LogP) is 3.78. The highest BCUT2D eigenvalue weighted by molar-refractivity contribution is 7.98. The third kappa shape index (κ3) is 5.00. The van der Waals surface area contributed by atoms with Crippen LogP contribution >= 0.6 is 11.8 Å². The minimum atomic E-state index is -0.337. The number of hydrogen-bond donors (Lipinski definition) is 0. The lowest BCUT2D eigenvalue weighted by molar-refractivity contribution is -0.0938. The molecule has 1 aromatic carbocycles. The lowest BCUT2D eigenvalue weighted by Gasteiger charge is -2.41. The molecule has 0 bridgehead atoms. The van der Waals surface area contributed by atoms with Gasteiger partial charge in [-0.2, -0.15) is 0 Å². The van der Waals surface area contributed by atoms with Gasteiger partial charge in [-0.05, 0) is 58.2 Å². The van der Waals surface area contributed by atoms with Crippen LogP contribution in [0.2, 0.25) is 0 Å². The Bertz CT molecular complexity index is 668. The molecule has 1 aromatic rings. The van der Waals surface area contributed by atoms with Crippen molar-refractivity contribution in [3.05, 3.63) is 23.8 Å². The minimum absolute atomic E-state index is 0.260. The van der Waals surface area contributed by atoms with Crippen LogP contribution in [-0.2, 0) is 14.3 Å². The summed E-state index contributed by atoms with van der Waals surface area (Å²) in [5, 5.41) is 4.59. The van der Waals surface area contributed by atoms with E-state index in [1.165, 1.54) is 19.3 Å². The fourth-order valence-corrected chi connectivity index (χ4v) is 4.32. The minimum Gasteiger partial charge on any atom is -0.496 e. The van der Waals surface area contributed by atoms with Crippen molar-refractivity contribution in [2.45, 2.75) is 49.8 Å². The first kappa shape index (κ1) is 21.4. The molecule has 28 heavy (non-hydrogen) atoms. The summed E-state index contributed by atoms with van der Waals surface area (Å²) in [6.45, 7) is 8.09. The molecule has 2 fully saturated rings. The molecule has 2 aliphatic heterocycles. The zero-order chi connectivity index (χ0) is 20.0. The molecule has 0 radical (unpaired) electrons. The van der Waals surface area contributed by atoms with E-state index in [4.69, 9.17) is 19.0 Å². The van der Waals surface area contributed by atoms with Crippen molar-refractivity contribution in [1.29, 1.82) is 0 Å². The van der Waals surface area contributed by atoms with E-state index in [1.807, 2.05) is 0 Å². The molecule has 0 amide bonds. The Kier molecular flexibility index (Phi) is 7.62. The van der Waals surface area contributed by atoms with Crippen LogP contribution < -0.4 is 4.74 Å². The summed E-state index contributed by atoms with van der Waals surface area (Å²) in [5.41, 5.74) is 1.65. The molecule has 0 saturated carbocycles. The molecular weight excluding hydrogens is 376 g/mol. The molecule has 2 saturated heterocycles. The monoisotopic (exact) mass is 408 g/mol. The van der Waals surface area contributed by atoms with Gasteiger partial charge in [0.2, 0.25) is 0 Å². The second-order valence-electron chi connectivity index (χ2n) is 7.58. The second-order valence-corrected chi connectivity index (χ2v) is 8.43. The smallest absolute Gasteiger partial charge is 0.194 e. The van der Waals surface area contributed by atoms with E-state index in [2.05, 4.69) is 48.4 Å². The zero-order valence-corrected chi connectivity index (χ0v) is 18.2. The maximum Gasteiger partial charge on any atom is 0.194 e. The molecule has 7 heteroatoms. The molecule has 2 heterocycles. The van der Waals surface area contributed by atoms with Crippen LogP contribution in [0.4, 0.5) is 0 Å². The molecule has 6 nitrogen and oxygen atoms in total. The Hall–Kier alpha value is -1.28. The van der Waals surface area contributed by atoms with Gasteiger partial charge in [0, 0.05) is 10.5 Å². The highest BCUT2D eigenvalue weighted by Crippen LogP contribution is 2.32. The summed E-state index contributed by atoms with van der Waals surface area (Å²) in [6, 6.07) is 6.25. The average molecular weight is 409 g/mol. The van der Waals surface area contributed by atoms with Crippen molar-refractivity contribution in [3.63, 3.8) is 0 Å². The number of oxime groups is 1. The van der Waals surface area contributed by atoms with Gasteiger partial charge < -0.3 is 19.0 Å². The third-order valence-electron chi connectivity index (χ3n) is 5.44. The number of rotatable bonds is 8. The van der Waals surface area contributed by atoms with Gasteiger partial charge in [-0.25, -0.2) is 0 Å². The summed E-state index contributed by atoms with van der Waals surface area (Å²) in [6.07, 6.45) is 5.44. The summed E-state index contributed by atoms with van der Waals surface area (Å²) < 4.78 is 16.5. The van der Waals surface area contributed by atoms with Crippen molar-refractivity contribution < 1.29 is 19.0 Å². The molecule has 156 valence electrons. The van der Waals surface area contributed by atoms with E-state index in [1.54, 1.807) is 18.9 Å². The first-order valence-corrected chi connectivity index (χ1v) is 11.2. The van der Waals surface area contributed by atoms with Crippen LogP contribution in [0.25, 0.3) is 0 Å². The number of thioether (sulfide) groups is 1. The van der Waals surface area contributed by atoms with Crippen LogP contribution in [0.3, 0.4) is 0 Å². The van der Waals surface area contributed by atoms with E-state index >= 15 is 0 Å². The lowest BCUT2D eigenvalue weighted by Crippen LogP contribution is -2.52. The highest BCUT2D eigenvalue weighted by Gasteiger charge is 2.35. The first-order chi connectivity index (χ1) is 13.6. The van der Waals surface area contributed by atoms with Gasteiger partial charge in [0.1, 0.15) is 11.5 Å². The van der Waals surface area contributed by atoms with Gasteiger partial charge in [-0.15, -0.1) is 11.8 Å². The van der Waals surface area contributed by atoms with Crippen molar-refractivity contribution >= 4 is 17.5 Å². The second kappa shape index (κ2) is 9.96. The van der Waals surface area contributed by atoms with Crippen LogP contribution in [0.5, 0.6) is 5.75 Å². The molecule has 0 atom stereocenters. The molecule has 3 rings (SSSR count). The molecule has 0 N–H and O–H groups in total. The number of hydrogen-bond acceptors (Lipinski definition) is 7. The number of likely N-dealkylation sites (tertiary alicyclic amines) is 1. The van der Waals surface area contributed by atoms with Crippen LogP contribution in [0, 0.1) is 0 Å². The largest absolute Gasteiger partial charge is 0.496 e. The van der Waals surface area contributed by atoms with Gasteiger partial charge in [-0.3, -0.25) is 4.90 Å². The fraction of sp³-hybridized carbons (Fsp3) is 0.667. The van der Waals surface area contributed by atoms with Crippen LogP contribution in [0.1, 0.15) is 38.7 Å². The molecule has 0 aromatic heterocycles. The number of methoxy groups -OCH3 is 1. The van der Waals surface area contributed by atoms with Crippen LogP contribution in [-0.4, -0.2) is 68.7 Å². The Balaban J connectivity index is 1.88. The first-order valence-electron chi connectivity index (χ1n) is 9.97. The van der Waals surface area contributed by atoms with Crippen molar-refractivity contribution in [1.82, 2.24) is 4.90 Å². The third-order valence-corrected chi connectivity index (χ3v) is 6.22. The van der Waals surface area contributed by atoms with E-state index in [0.717, 1.165) is 35.0 Å². The predicted molar refractivity (Wildman–Crippen MR) is 112 cm³/mol. The number of piperidine rings is 1. The van der Waals surface area contributed by atoms with Crippen molar-refractivity contribution in [3.8, 4) is 5.75 Å². The van der Waals surface area contributed by atoms with Gasteiger partial charge in [0.05, 0.1) is 25.9 Å². The topological polar surface area (TPSA) is 52.5 Å². The van der Waals surface area contributed by atoms with Gasteiger partial charge >= 0.3 is 0 Å². The van der Waals surface area contributed by atoms with Crippen LogP contribution in [0.15, 0.2) is 28.3 Å². The molecular formula is C21H32N2O4S. The number of benzene rings is 1. The molecule has 0 spiro atoms. The van der Waals surface area contributed by atoms with Crippen molar-refractivity contribution in [2.24, 2.45) is 5.16 Å². The SMILES string of the molecule is COc1cc(C(=NOCC2OCCO2)C(C)(C)N2CCCCC2)ccc1SC. The molecule has 2 aliphatic rings. The van der Waals surface area contributed by atoms with Gasteiger partial charge in [0.15, 0.2) is 12.9 Å². The summed E-state index contributed by atoms with van der Waals surface area (Å²) in [5.74, 6) is 0.856. The van der Waals surface area contributed by atoms with E-state index in [9.17, 15) is 0 Å². The number of nitrogens with zero attached hydrogens (tertiary/aromatic N) is 2. The summed E-state index contributed by atoms with van der Waals surface area (Å²) in [7, 11) is 1.71. The zero-order valence-electron chi connectivity index (χ0n) is 17.4. The Labute approximate surface area is 172 Å². The Morgan fingerprint density at radius 3 is 2.57 bits per heavy atom. The quantitative estimate of drug-likeness (QED) is 0.371. The summed E-state index contributed by atoms with van der Waals surface area (Å²) >= 11 is 1.67. The highest BCUT2D eigenvalue weighted by atomic mass is 32.2. The Morgan fingerprint density at radius 1 is 1.21 bits per heavy atom. The molecule has 0 unspecified atom stereocenters. The molecule has 0 aliphatic carbocycles. The lowest BCUT2D eigenvalue weighted by atomic mass is 9.88. The maximum atomic E-state index is 5.71. The van der Waals surface area contributed by atoms with E-state index < -0.39 is 0 Å². The summed E-state index contributed by atoms with van der Waals surface area (Å²) in [4.78, 5) is 9.31. The standard InChI is InChI=1S/C21H32N2O4S/c1-21(2,23-10-6-5-7-11-23)20(22-27-15-19-25-12-13-26-19)16-8-9-18(28-4)17(14-16)24-3/h8-9,14,19H,5-7,10-13,15H2,1-4H3. The van der Waals surface area contributed by atoms with E-state index in [-0.39, 0.29) is 11.8 Å². The Morgan fingerprint density at radius 2 is 1.93 bits per heavy atom. The number of ether oxygens (including phenoxy) is 3. The van der Waals surface area contributed by atoms with Gasteiger partial charge in [-0.1, -0.05) is 17.6 Å².